The highest BCUT2D eigenvalue weighted by Gasteiger charge is 2.05. The average Bonchev–Trinajstić information content (AvgIpc) is 2.28. The predicted molar refractivity (Wildman–Crippen MR) is 75.8 cm³/mol. The highest BCUT2D eigenvalue weighted by atomic mass is 79.9. The molecule has 0 saturated carbocycles. The van der Waals surface area contributed by atoms with E-state index in [0.717, 1.165) is 15.7 Å². The van der Waals surface area contributed by atoms with Crippen LogP contribution in [0.15, 0.2) is 34.9 Å². The normalized spacial score (nSPS) is 10.3. The fourth-order valence-corrected chi connectivity index (χ4v) is 1.96. The zero-order chi connectivity index (χ0) is 12.4. The number of nitrogens with two attached hydrogens (primary N) is 1. The van der Waals surface area contributed by atoms with Crippen LogP contribution in [0.4, 0.5) is 17.2 Å². The Morgan fingerprint density at radius 2 is 2.18 bits per heavy atom. The van der Waals surface area contributed by atoms with Crippen LogP contribution >= 0.6 is 27.5 Å². The number of aromatic nitrogens is 1. The zero-order valence-corrected chi connectivity index (χ0v) is 11.5. The van der Waals surface area contributed by atoms with Crippen molar-refractivity contribution in [2.45, 2.75) is 6.92 Å². The summed E-state index contributed by atoms with van der Waals surface area (Å²) >= 11 is 9.28. The van der Waals surface area contributed by atoms with Crippen LogP contribution in [-0.2, 0) is 0 Å². The minimum atomic E-state index is 0.525. The average molecular weight is 313 g/mol. The van der Waals surface area contributed by atoms with E-state index in [1.165, 1.54) is 0 Å². The molecule has 88 valence electrons. The van der Waals surface area contributed by atoms with Crippen LogP contribution in [-0.4, -0.2) is 4.98 Å². The van der Waals surface area contributed by atoms with Gasteiger partial charge in [-0.2, -0.15) is 0 Å². The summed E-state index contributed by atoms with van der Waals surface area (Å²) in [4.78, 5) is 4.16. The third kappa shape index (κ3) is 2.70. The van der Waals surface area contributed by atoms with Crippen molar-refractivity contribution in [3.8, 4) is 0 Å². The Hall–Kier alpha value is -1.26. The molecule has 0 radical (unpaired) electrons. The SMILES string of the molecule is Cc1c(Br)cccc1Nc1ncc(Cl)cc1N. The molecule has 1 aromatic heterocycles. The molecule has 1 heterocycles. The van der Waals surface area contributed by atoms with E-state index in [1.807, 2.05) is 25.1 Å². The first-order valence-electron chi connectivity index (χ1n) is 5.01. The van der Waals surface area contributed by atoms with Crippen molar-refractivity contribution in [1.82, 2.24) is 4.98 Å². The van der Waals surface area contributed by atoms with Gasteiger partial charge in [-0.3, -0.25) is 0 Å². The van der Waals surface area contributed by atoms with Gasteiger partial charge in [-0.25, -0.2) is 4.98 Å². The Morgan fingerprint density at radius 1 is 1.41 bits per heavy atom. The number of rotatable bonds is 2. The van der Waals surface area contributed by atoms with E-state index in [-0.39, 0.29) is 0 Å². The van der Waals surface area contributed by atoms with Crippen LogP contribution in [0.3, 0.4) is 0 Å². The molecular weight excluding hydrogens is 302 g/mol. The lowest BCUT2D eigenvalue weighted by Crippen LogP contribution is -2.00. The summed E-state index contributed by atoms with van der Waals surface area (Å²) in [6, 6.07) is 7.57. The third-order valence-corrected chi connectivity index (χ3v) is 3.47. The smallest absolute Gasteiger partial charge is 0.153 e. The van der Waals surface area contributed by atoms with Gasteiger partial charge in [-0.15, -0.1) is 0 Å². The number of nitrogens with zero attached hydrogens (tertiary/aromatic N) is 1. The van der Waals surface area contributed by atoms with Crippen LogP contribution in [0.5, 0.6) is 0 Å². The summed E-state index contributed by atoms with van der Waals surface area (Å²) in [5, 5.41) is 3.71. The first-order chi connectivity index (χ1) is 8.08. The number of hydrogen-bond acceptors (Lipinski definition) is 3. The number of nitrogens with one attached hydrogen (secondary N) is 1. The van der Waals surface area contributed by atoms with Crippen LogP contribution in [0.25, 0.3) is 0 Å². The molecule has 0 spiro atoms. The van der Waals surface area contributed by atoms with Gasteiger partial charge in [0.25, 0.3) is 0 Å². The molecule has 17 heavy (non-hydrogen) atoms. The van der Waals surface area contributed by atoms with Crippen LogP contribution in [0.2, 0.25) is 5.02 Å². The maximum absolute atomic E-state index is 5.84. The fraction of sp³-hybridized carbons (Fsp3) is 0.0833. The van der Waals surface area contributed by atoms with Crippen molar-refractivity contribution < 1.29 is 0 Å². The van der Waals surface area contributed by atoms with Gasteiger partial charge in [0.2, 0.25) is 0 Å². The van der Waals surface area contributed by atoms with Gasteiger partial charge in [0.15, 0.2) is 5.82 Å². The molecule has 0 fully saturated rings. The number of benzene rings is 1. The Bertz CT molecular complexity index is 557. The summed E-state index contributed by atoms with van der Waals surface area (Å²) in [6.45, 7) is 2.01. The van der Waals surface area contributed by atoms with E-state index in [4.69, 9.17) is 17.3 Å². The number of pyridine rings is 1. The molecule has 0 saturated heterocycles. The van der Waals surface area contributed by atoms with E-state index in [1.54, 1.807) is 12.3 Å². The molecule has 5 heteroatoms. The highest BCUT2D eigenvalue weighted by molar-refractivity contribution is 9.10. The summed E-state index contributed by atoms with van der Waals surface area (Å²) in [5.41, 5.74) is 8.42. The summed E-state index contributed by atoms with van der Waals surface area (Å²) < 4.78 is 1.04. The monoisotopic (exact) mass is 311 g/mol. The number of nitrogen functional groups attached to an aromatic ring is 1. The first kappa shape index (κ1) is 12.2. The molecule has 3 nitrogen and oxygen atoms in total. The molecule has 0 bridgehead atoms. The number of halogens is 2. The largest absolute Gasteiger partial charge is 0.396 e. The minimum Gasteiger partial charge on any atom is -0.396 e. The zero-order valence-electron chi connectivity index (χ0n) is 9.17. The summed E-state index contributed by atoms with van der Waals surface area (Å²) in [6.07, 6.45) is 1.56. The lowest BCUT2D eigenvalue weighted by Gasteiger charge is -2.11. The van der Waals surface area contributed by atoms with Crippen molar-refractivity contribution in [2.24, 2.45) is 0 Å². The number of anilines is 3. The van der Waals surface area contributed by atoms with Crippen molar-refractivity contribution in [1.29, 1.82) is 0 Å². The molecule has 0 unspecified atom stereocenters. The quantitative estimate of drug-likeness (QED) is 0.876. The number of hydrogen-bond donors (Lipinski definition) is 2. The maximum atomic E-state index is 5.84. The van der Waals surface area contributed by atoms with Gasteiger partial charge in [0.1, 0.15) is 0 Å². The summed E-state index contributed by atoms with van der Waals surface area (Å²) in [5.74, 6) is 0.607. The lowest BCUT2D eigenvalue weighted by atomic mass is 10.2. The Kier molecular flexibility index (Phi) is 3.54. The van der Waals surface area contributed by atoms with E-state index in [2.05, 4.69) is 26.2 Å². The van der Waals surface area contributed by atoms with Gasteiger partial charge >= 0.3 is 0 Å². The van der Waals surface area contributed by atoms with E-state index >= 15 is 0 Å². The van der Waals surface area contributed by atoms with Crippen LogP contribution in [0, 0.1) is 6.92 Å². The lowest BCUT2D eigenvalue weighted by molar-refractivity contribution is 1.29. The maximum Gasteiger partial charge on any atom is 0.153 e. The highest BCUT2D eigenvalue weighted by Crippen LogP contribution is 2.28. The molecular formula is C12H11BrClN3. The van der Waals surface area contributed by atoms with Gasteiger partial charge in [0, 0.05) is 16.4 Å². The molecule has 1 aromatic carbocycles. The minimum absolute atomic E-state index is 0.525. The first-order valence-corrected chi connectivity index (χ1v) is 6.18. The second-order valence-corrected chi connectivity index (χ2v) is 4.92. The topological polar surface area (TPSA) is 50.9 Å². The van der Waals surface area contributed by atoms with Gasteiger partial charge in [-0.1, -0.05) is 33.6 Å². The standard InChI is InChI=1S/C12H11BrClN3/c1-7-9(13)3-2-4-11(7)17-12-10(15)5-8(14)6-16-12/h2-6H,15H2,1H3,(H,16,17). The van der Waals surface area contributed by atoms with Crippen LogP contribution < -0.4 is 11.1 Å². The molecule has 0 aliphatic heterocycles. The Morgan fingerprint density at radius 3 is 2.88 bits per heavy atom. The van der Waals surface area contributed by atoms with Gasteiger partial charge in [-0.05, 0) is 30.7 Å². The molecule has 0 aliphatic carbocycles. The van der Waals surface area contributed by atoms with Gasteiger partial charge < -0.3 is 11.1 Å². The Labute approximate surface area is 113 Å². The summed E-state index contributed by atoms with van der Waals surface area (Å²) in [7, 11) is 0. The molecule has 0 atom stereocenters. The second-order valence-electron chi connectivity index (χ2n) is 3.63. The van der Waals surface area contributed by atoms with Crippen molar-refractivity contribution in [3.63, 3.8) is 0 Å². The van der Waals surface area contributed by atoms with Crippen molar-refractivity contribution in [2.75, 3.05) is 11.1 Å². The van der Waals surface area contributed by atoms with E-state index in [9.17, 15) is 0 Å². The fourth-order valence-electron chi connectivity index (χ4n) is 1.43. The van der Waals surface area contributed by atoms with Gasteiger partial charge in [0.05, 0.1) is 10.7 Å². The molecule has 2 aromatic rings. The predicted octanol–water partition coefficient (Wildman–Crippen LogP) is 4.13. The second kappa shape index (κ2) is 4.94. The third-order valence-electron chi connectivity index (χ3n) is 2.40. The van der Waals surface area contributed by atoms with E-state index in [0.29, 0.717) is 16.5 Å². The molecule has 2 rings (SSSR count). The molecule has 0 amide bonds. The van der Waals surface area contributed by atoms with Crippen LogP contribution in [0.1, 0.15) is 5.56 Å². The van der Waals surface area contributed by atoms with Crippen molar-refractivity contribution in [3.05, 3.63) is 45.5 Å². The van der Waals surface area contributed by atoms with E-state index < -0.39 is 0 Å². The molecule has 3 N–H and O–H groups in total. The Balaban J connectivity index is 2.35. The van der Waals surface area contributed by atoms with Crippen molar-refractivity contribution >= 4 is 44.7 Å². The molecule has 0 aliphatic rings.